The van der Waals surface area contributed by atoms with Crippen molar-refractivity contribution in [1.29, 1.82) is 0 Å². The van der Waals surface area contributed by atoms with Crippen LogP contribution < -0.4 is 15.5 Å². The zero-order chi connectivity index (χ0) is 25.2. The Morgan fingerprint density at radius 3 is 2.40 bits per heavy atom. The third-order valence-electron chi connectivity index (χ3n) is 5.11. The minimum absolute atomic E-state index is 0.0174. The molecule has 0 saturated carbocycles. The van der Waals surface area contributed by atoms with Crippen LogP contribution in [0.4, 0.5) is 4.79 Å². The first-order chi connectivity index (χ1) is 16.6. The Kier molecular flexibility index (Phi) is 6.46. The lowest BCUT2D eigenvalue weighted by molar-refractivity contribution is -0.136. The Labute approximate surface area is 201 Å². The van der Waals surface area contributed by atoms with Gasteiger partial charge in [-0.1, -0.05) is 42.5 Å². The summed E-state index contributed by atoms with van der Waals surface area (Å²) in [5.74, 6) is -1.20. The van der Waals surface area contributed by atoms with E-state index in [-0.39, 0.29) is 28.9 Å². The van der Waals surface area contributed by atoms with E-state index in [1.807, 2.05) is 30.3 Å². The Hall–Kier alpha value is -4.33. The lowest BCUT2D eigenvalue weighted by Crippen LogP contribution is -2.46. The summed E-state index contributed by atoms with van der Waals surface area (Å²) >= 11 is 0. The maximum atomic E-state index is 13.1. The summed E-state index contributed by atoms with van der Waals surface area (Å²) in [6, 6.07) is 17.2. The van der Waals surface area contributed by atoms with Crippen molar-refractivity contribution in [3.63, 3.8) is 0 Å². The van der Waals surface area contributed by atoms with Crippen molar-refractivity contribution in [2.24, 2.45) is 0 Å². The molecule has 3 aromatic carbocycles. The summed E-state index contributed by atoms with van der Waals surface area (Å²) in [5, 5.41) is 13.4. The average Bonchev–Trinajstić information content (AvgIpc) is 2.78. The predicted molar refractivity (Wildman–Crippen MR) is 131 cm³/mol. The average molecular weight is 475 g/mol. The number of phenols is 1. The Morgan fingerprint density at radius 2 is 1.69 bits per heavy atom. The van der Waals surface area contributed by atoms with Gasteiger partial charge in [-0.05, 0) is 38.5 Å². The summed E-state index contributed by atoms with van der Waals surface area (Å²) in [6.45, 7) is 5.14. The van der Waals surface area contributed by atoms with Crippen LogP contribution in [0.1, 0.15) is 26.3 Å². The van der Waals surface area contributed by atoms with Gasteiger partial charge in [-0.15, -0.1) is 0 Å². The van der Waals surface area contributed by atoms with Crippen molar-refractivity contribution in [3.8, 4) is 11.5 Å². The lowest BCUT2D eigenvalue weighted by Gasteiger charge is -2.23. The highest BCUT2D eigenvalue weighted by atomic mass is 16.6. The van der Waals surface area contributed by atoms with Crippen molar-refractivity contribution < 1.29 is 28.6 Å². The van der Waals surface area contributed by atoms with Crippen LogP contribution in [0.15, 0.2) is 75.9 Å². The normalized spacial score (nSPS) is 12.3. The number of hydrogen-bond donors (Lipinski definition) is 2. The second kappa shape index (κ2) is 9.50. The molecule has 1 atom stereocenters. The SMILES string of the molecule is CC(C)(C)OC(=O)N[C@H](Cc1ccccc1)C(=O)Oc1cc(O)c2c(=O)c3ccccc3oc2c1. The topological polar surface area (TPSA) is 115 Å². The van der Waals surface area contributed by atoms with Gasteiger partial charge < -0.3 is 24.3 Å². The zero-order valence-electron chi connectivity index (χ0n) is 19.5. The molecule has 0 unspecified atom stereocenters. The molecule has 0 bridgehead atoms. The molecule has 8 nitrogen and oxygen atoms in total. The van der Waals surface area contributed by atoms with Gasteiger partial charge in [-0.2, -0.15) is 0 Å². The van der Waals surface area contributed by atoms with Crippen LogP contribution in [0.3, 0.4) is 0 Å². The molecule has 180 valence electrons. The molecule has 0 aliphatic rings. The third kappa shape index (κ3) is 5.60. The predicted octanol–water partition coefficient (Wildman–Crippen LogP) is 4.69. The summed E-state index contributed by atoms with van der Waals surface area (Å²) in [5.41, 5.74) is 0.0446. The first kappa shape index (κ1) is 23.8. The van der Waals surface area contributed by atoms with Crippen LogP contribution in [0, 0.1) is 0 Å². The van der Waals surface area contributed by atoms with Crippen LogP contribution in [0.5, 0.6) is 11.5 Å². The first-order valence-electron chi connectivity index (χ1n) is 11.0. The summed E-state index contributed by atoms with van der Waals surface area (Å²) in [6.07, 6.45) is -0.618. The number of carbonyl (C=O) groups is 2. The number of fused-ring (bicyclic) bond motifs is 2. The minimum atomic E-state index is -1.08. The van der Waals surface area contributed by atoms with Gasteiger partial charge >= 0.3 is 12.1 Å². The van der Waals surface area contributed by atoms with Gasteiger partial charge in [0.2, 0.25) is 5.43 Å². The standard InChI is InChI=1S/C27H25NO7/c1-27(2,3)35-26(32)28-19(13-16-9-5-4-6-10-16)25(31)33-17-14-20(29)23-22(15-17)34-21-12-8-7-11-18(21)24(23)30/h4-12,14-15,19,29H,13H2,1-3H3,(H,28,32)/t19-/m1/s1. The van der Waals surface area contributed by atoms with E-state index in [4.69, 9.17) is 13.9 Å². The van der Waals surface area contributed by atoms with Gasteiger partial charge in [-0.3, -0.25) is 4.79 Å². The van der Waals surface area contributed by atoms with Gasteiger partial charge in [0.25, 0.3) is 0 Å². The van der Waals surface area contributed by atoms with Crippen LogP contribution >= 0.6 is 0 Å². The molecule has 4 aromatic rings. The van der Waals surface area contributed by atoms with E-state index in [9.17, 15) is 19.5 Å². The molecule has 0 saturated heterocycles. The fourth-order valence-corrected chi connectivity index (χ4v) is 3.62. The number of hydrogen-bond acceptors (Lipinski definition) is 7. The van der Waals surface area contributed by atoms with Gasteiger partial charge in [-0.25, -0.2) is 9.59 Å². The van der Waals surface area contributed by atoms with Crippen LogP contribution in [0.2, 0.25) is 0 Å². The van der Waals surface area contributed by atoms with Crippen LogP contribution in [-0.4, -0.2) is 28.8 Å². The first-order valence-corrected chi connectivity index (χ1v) is 11.0. The molecule has 4 rings (SSSR count). The number of carbonyl (C=O) groups excluding carboxylic acids is 2. The molecule has 1 aromatic heterocycles. The highest BCUT2D eigenvalue weighted by Crippen LogP contribution is 2.30. The number of aromatic hydroxyl groups is 1. The highest BCUT2D eigenvalue weighted by Gasteiger charge is 2.27. The lowest BCUT2D eigenvalue weighted by atomic mass is 10.1. The van der Waals surface area contributed by atoms with E-state index in [0.29, 0.717) is 11.0 Å². The van der Waals surface area contributed by atoms with Crippen molar-refractivity contribution in [3.05, 3.63) is 82.5 Å². The number of ether oxygens (including phenoxy) is 2. The van der Waals surface area contributed by atoms with Crippen molar-refractivity contribution >= 4 is 34.0 Å². The second-order valence-corrected chi connectivity index (χ2v) is 9.05. The second-order valence-electron chi connectivity index (χ2n) is 9.05. The minimum Gasteiger partial charge on any atom is -0.507 e. The largest absolute Gasteiger partial charge is 0.507 e. The number of esters is 1. The van der Waals surface area contributed by atoms with Crippen molar-refractivity contribution in [2.75, 3.05) is 0 Å². The fraction of sp³-hybridized carbons (Fsp3) is 0.222. The third-order valence-corrected chi connectivity index (χ3v) is 5.11. The number of phenolic OH excluding ortho intramolecular Hbond substituents is 1. The Balaban J connectivity index is 1.64. The van der Waals surface area contributed by atoms with E-state index in [0.717, 1.165) is 5.56 Å². The van der Waals surface area contributed by atoms with E-state index in [1.54, 1.807) is 45.0 Å². The summed E-state index contributed by atoms with van der Waals surface area (Å²) in [4.78, 5) is 38.3. The van der Waals surface area contributed by atoms with Crippen molar-refractivity contribution in [1.82, 2.24) is 5.32 Å². The molecule has 0 spiro atoms. The molecule has 1 amide bonds. The van der Waals surface area contributed by atoms with Crippen LogP contribution in [0.25, 0.3) is 21.9 Å². The molecule has 0 radical (unpaired) electrons. The highest BCUT2D eigenvalue weighted by molar-refractivity contribution is 5.94. The fourth-order valence-electron chi connectivity index (χ4n) is 3.62. The number of nitrogens with one attached hydrogen (secondary N) is 1. The van der Waals surface area contributed by atoms with Crippen LogP contribution in [-0.2, 0) is 16.0 Å². The monoisotopic (exact) mass is 475 g/mol. The Bertz CT molecular complexity index is 1450. The van der Waals surface area contributed by atoms with Gasteiger partial charge in [0.1, 0.15) is 39.7 Å². The number of benzene rings is 3. The maximum absolute atomic E-state index is 13.1. The smallest absolute Gasteiger partial charge is 0.408 e. The zero-order valence-corrected chi connectivity index (χ0v) is 19.5. The number of para-hydroxylation sites is 1. The molecular weight excluding hydrogens is 450 g/mol. The molecule has 35 heavy (non-hydrogen) atoms. The molecule has 0 aliphatic heterocycles. The molecule has 0 fully saturated rings. The van der Waals surface area contributed by atoms with Gasteiger partial charge in [0.15, 0.2) is 0 Å². The van der Waals surface area contributed by atoms with Crippen molar-refractivity contribution in [2.45, 2.75) is 38.8 Å². The maximum Gasteiger partial charge on any atom is 0.408 e. The summed E-state index contributed by atoms with van der Waals surface area (Å²) < 4.78 is 16.5. The van der Waals surface area contributed by atoms with E-state index < -0.39 is 29.1 Å². The number of rotatable bonds is 5. The van der Waals surface area contributed by atoms with Gasteiger partial charge in [0.05, 0.1) is 5.39 Å². The summed E-state index contributed by atoms with van der Waals surface area (Å²) in [7, 11) is 0. The Morgan fingerprint density at radius 1 is 1.00 bits per heavy atom. The van der Waals surface area contributed by atoms with E-state index >= 15 is 0 Å². The quantitative estimate of drug-likeness (QED) is 0.244. The molecule has 1 heterocycles. The number of amides is 1. The molecular formula is C27H25NO7. The number of alkyl carbamates (subject to hydrolysis) is 1. The molecule has 0 aliphatic carbocycles. The molecule has 8 heteroatoms. The van der Waals surface area contributed by atoms with E-state index in [1.165, 1.54) is 12.1 Å². The van der Waals surface area contributed by atoms with Gasteiger partial charge in [0, 0.05) is 18.6 Å². The van der Waals surface area contributed by atoms with E-state index in [2.05, 4.69) is 5.32 Å². The molecule has 2 N–H and O–H groups in total.